The van der Waals surface area contributed by atoms with E-state index in [1.165, 1.54) is 12.1 Å². The maximum Gasteiger partial charge on any atom is 0.266 e. The molecule has 1 aromatic heterocycles. The van der Waals surface area contributed by atoms with E-state index in [-0.39, 0.29) is 16.7 Å². The van der Waals surface area contributed by atoms with Crippen LogP contribution < -0.4 is 5.56 Å². The minimum Gasteiger partial charge on any atom is -0.325 e. The maximum atomic E-state index is 14.0. The molecule has 0 spiro atoms. The highest BCUT2D eigenvalue weighted by molar-refractivity contribution is 6.31. The minimum atomic E-state index is -0.558. The van der Waals surface area contributed by atoms with Gasteiger partial charge in [0.1, 0.15) is 17.4 Å². The van der Waals surface area contributed by atoms with E-state index in [1.54, 1.807) is 19.9 Å². The van der Waals surface area contributed by atoms with E-state index in [2.05, 4.69) is 4.98 Å². The van der Waals surface area contributed by atoms with Gasteiger partial charge in [-0.15, -0.1) is 0 Å². The van der Waals surface area contributed by atoms with E-state index in [0.29, 0.717) is 16.3 Å². The molecule has 1 N–H and O–H groups in total. The van der Waals surface area contributed by atoms with Crippen LogP contribution in [-0.4, -0.2) is 4.98 Å². The second kappa shape index (κ2) is 4.87. The molecule has 0 aliphatic rings. The Hall–Kier alpha value is -2.12. The molecule has 1 aromatic carbocycles. The first kappa shape index (κ1) is 13.3. The molecule has 0 aliphatic carbocycles. The van der Waals surface area contributed by atoms with Gasteiger partial charge in [-0.05, 0) is 37.6 Å². The number of pyridine rings is 1. The third-order valence-electron chi connectivity index (χ3n) is 2.82. The van der Waals surface area contributed by atoms with E-state index >= 15 is 0 Å². The highest BCUT2D eigenvalue weighted by atomic mass is 35.5. The number of aromatic nitrogens is 1. The molecule has 0 bridgehead atoms. The van der Waals surface area contributed by atoms with E-state index < -0.39 is 11.4 Å². The van der Waals surface area contributed by atoms with Crippen molar-refractivity contribution in [1.29, 1.82) is 5.26 Å². The Bertz CT molecular complexity index is 759. The standard InChI is InChI=1S/C14H10ClFN2O/c1-7-3-10(13(16)5-12(7)15)9-4-8(2)18-14(19)11(9)6-17/h3-5H,1-2H3,(H,18,19). The minimum absolute atomic E-state index is 0.105. The summed E-state index contributed by atoms with van der Waals surface area (Å²) in [7, 11) is 0. The first-order valence-electron chi connectivity index (χ1n) is 5.54. The molecule has 2 aromatic rings. The highest BCUT2D eigenvalue weighted by Crippen LogP contribution is 2.29. The summed E-state index contributed by atoms with van der Waals surface area (Å²) in [6.07, 6.45) is 0. The SMILES string of the molecule is Cc1cc(-c2cc(C)c(Cl)cc2F)c(C#N)c(=O)[nH]1. The van der Waals surface area contributed by atoms with Crippen LogP contribution in [-0.2, 0) is 0 Å². The number of benzene rings is 1. The fraction of sp³-hybridized carbons (Fsp3) is 0.143. The number of nitrogens with zero attached hydrogens (tertiary/aromatic N) is 1. The van der Waals surface area contributed by atoms with Crippen molar-refractivity contribution in [2.24, 2.45) is 0 Å². The van der Waals surface area contributed by atoms with E-state index in [4.69, 9.17) is 16.9 Å². The maximum absolute atomic E-state index is 14.0. The highest BCUT2D eigenvalue weighted by Gasteiger charge is 2.15. The molecule has 0 atom stereocenters. The Balaban J connectivity index is 2.83. The molecule has 5 heteroatoms. The number of aryl methyl sites for hydroxylation is 2. The summed E-state index contributed by atoms with van der Waals surface area (Å²) in [5, 5.41) is 9.35. The van der Waals surface area contributed by atoms with Crippen molar-refractivity contribution in [3.05, 3.63) is 56.2 Å². The number of H-pyrrole nitrogens is 1. The molecule has 0 saturated heterocycles. The van der Waals surface area contributed by atoms with Gasteiger partial charge in [0.05, 0.1) is 0 Å². The van der Waals surface area contributed by atoms with Gasteiger partial charge >= 0.3 is 0 Å². The molecule has 0 amide bonds. The average molecular weight is 277 g/mol. The summed E-state index contributed by atoms with van der Waals surface area (Å²) in [4.78, 5) is 14.2. The first-order valence-corrected chi connectivity index (χ1v) is 5.92. The largest absolute Gasteiger partial charge is 0.325 e. The lowest BCUT2D eigenvalue weighted by molar-refractivity contribution is 0.631. The summed E-state index contributed by atoms with van der Waals surface area (Å²) in [5.41, 5.74) is 1.09. The van der Waals surface area contributed by atoms with Crippen LogP contribution in [0.4, 0.5) is 4.39 Å². The Morgan fingerprint density at radius 1 is 1.26 bits per heavy atom. The van der Waals surface area contributed by atoms with Gasteiger partial charge in [-0.3, -0.25) is 4.79 Å². The monoisotopic (exact) mass is 276 g/mol. The quantitative estimate of drug-likeness (QED) is 0.868. The molecule has 2 rings (SSSR count). The zero-order chi connectivity index (χ0) is 14.2. The number of aromatic amines is 1. The Morgan fingerprint density at radius 2 is 1.95 bits per heavy atom. The third kappa shape index (κ3) is 2.38. The van der Waals surface area contributed by atoms with Gasteiger partial charge in [0.15, 0.2) is 0 Å². The van der Waals surface area contributed by atoms with Crippen LogP contribution in [0.15, 0.2) is 23.0 Å². The Labute approximate surface area is 114 Å². The van der Waals surface area contributed by atoms with Crippen LogP contribution in [0.1, 0.15) is 16.8 Å². The molecule has 3 nitrogen and oxygen atoms in total. The fourth-order valence-electron chi connectivity index (χ4n) is 1.88. The lowest BCUT2D eigenvalue weighted by Gasteiger charge is -2.09. The first-order chi connectivity index (χ1) is 8.93. The summed E-state index contributed by atoms with van der Waals surface area (Å²) >= 11 is 5.84. The smallest absolute Gasteiger partial charge is 0.266 e. The molecule has 0 aliphatic heterocycles. The molecule has 0 saturated carbocycles. The van der Waals surface area contributed by atoms with Crippen molar-refractivity contribution in [2.75, 3.05) is 0 Å². The van der Waals surface area contributed by atoms with Gasteiger partial charge in [-0.2, -0.15) is 5.26 Å². The second-order valence-electron chi connectivity index (χ2n) is 4.26. The van der Waals surface area contributed by atoms with Gasteiger partial charge in [-0.25, -0.2) is 4.39 Å². The summed E-state index contributed by atoms with van der Waals surface area (Å²) in [6.45, 7) is 3.41. The number of nitriles is 1. The van der Waals surface area contributed by atoms with Crippen LogP contribution in [0.3, 0.4) is 0 Å². The number of hydrogen-bond acceptors (Lipinski definition) is 2. The molecule has 0 fully saturated rings. The van der Waals surface area contributed by atoms with Crippen LogP contribution >= 0.6 is 11.6 Å². The molecular weight excluding hydrogens is 267 g/mol. The molecule has 0 radical (unpaired) electrons. The molecule has 0 unspecified atom stereocenters. The second-order valence-corrected chi connectivity index (χ2v) is 4.67. The van der Waals surface area contributed by atoms with E-state index in [9.17, 15) is 9.18 Å². The van der Waals surface area contributed by atoms with Gasteiger partial charge < -0.3 is 4.98 Å². The van der Waals surface area contributed by atoms with Gasteiger partial charge in [0.25, 0.3) is 5.56 Å². The summed E-state index contributed by atoms with van der Waals surface area (Å²) < 4.78 is 14.0. The van der Waals surface area contributed by atoms with Crippen molar-refractivity contribution < 1.29 is 4.39 Å². The van der Waals surface area contributed by atoms with Crippen LogP contribution in [0.2, 0.25) is 5.02 Å². The van der Waals surface area contributed by atoms with Crippen molar-refractivity contribution >= 4 is 11.6 Å². The van der Waals surface area contributed by atoms with Crippen LogP contribution in [0, 0.1) is 31.0 Å². The third-order valence-corrected chi connectivity index (χ3v) is 3.23. The van der Waals surface area contributed by atoms with Crippen LogP contribution in [0.5, 0.6) is 0 Å². The van der Waals surface area contributed by atoms with Crippen LogP contribution in [0.25, 0.3) is 11.1 Å². The molecule has 96 valence electrons. The van der Waals surface area contributed by atoms with E-state index in [1.807, 2.05) is 6.07 Å². The number of halogens is 2. The van der Waals surface area contributed by atoms with Crippen molar-refractivity contribution in [3.63, 3.8) is 0 Å². The van der Waals surface area contributed by atoms with E-state index in [0.717, 1.165) is 0 Å². The van der Waals surface area contributed by atoms with Gasteiger partial charge in [-0.1, -0.05) is 11.6 Å². The van der Waals surface area contributed by atoms with Crippen molar-refractivity contribution in [1.82, 2.24) is 4.98 Å². The zero-order valence-electron chi connectivity index (χ0n) is 10.3. The normalized spacial score (nSPS) is 10.3. The summed E-state index contributed by atoms with van der Waals surface area (Å²) in [6, 6.07) is 6.10. The number of hydrogen-bond donors (Lipinski definition) is 1. The summed E-state index contributed by atoms with van der Waals surface area (Å²) in [5.74, 6) is -0.558. The van der Waals surface area contributed by atoms with Crippen molar-refractivity contribution in [3.8, 4) is 17.2 Å². The predicted octanol–water partition coefficient (Wildman–Crippen LogP) is 3.32. The molecule has 19 heavy (non-hydrogen) atoms. The Morgan fingerprint density at radius 3 is 2.58 bits per heavy atom. The van der Waals surface area contributed by atoms with Crippen molar-refractivity contribution in [2.45, 2.75) is 13.8 Å². The lowest BCUT2D eigenvalue weighted by Crippen LogP contribution is -2.13. The lowest BCUT2D eigenvalue weighted by atomic mass is 9.99. The molecular formula is C14H10ClFN2O. The number of nitrogens with one attached hydrogen (secondary N) is 1. The van der Waals surface area contributed by atoms with Gasteiger partial charge in [0, 0.05) is 21.8 Å². The fourth-order valence-corrected chi connectivity index (χ4v) is 2.03. The molecule has 1 heterocycles. The topological polar surface area (TPSA) is 56.6 Å². The Kier molecular flexibility index (Phi) is 3.41. The van der Waals surface area contributed by atoms with Gasteiger partial charge in [0.2, 0.25) is 0 Å². The number of rotatable bonds is 1. The zero-order valence-corrected chi connectivity index (χ0v) is 11.1. The predicted molar refractivity (Wildman–Crippen MR) is 71.7 cm³/mol. The average Bonchev–Trinajstić information content (AvgIpc) is 2.33.